The van der Waals surface area contributed by atoms with Crippen molar-refractivity contribution in [2.75, 3.05) is 0 Å². The first-order chi connectivity index (χ1) is 4.16. The zero-order chi connectivity index (χ0) is 7.28. The topological polar surface area (TPSA) is 49.7 Å². The molecule has 0 aliphatic rings. The Balaban J connectivity index is 3.51. The molecule has 0 unspecified atom stereocenters. The smallest absolute Gasteiger partial charge is 0.177 e. The van der Waals surface area contributed by atoms with E-state index in [-0.39, 0.29) is 5.78 Å². The lowest BCUT2D eigenvalue weighted by Gasteiger charge is -1.96. The monoisotopic (exact) mass is 129 g/mol. The lowest BCUT2D eigenvalue weighted by atomic mass is 10.1. The van der Waals surface area contributed by atoms with Crippen molar-refractivity contribution in [2.24, 2.45) is 11.1 Å². The molecule has 0 aromatic rings. The molecule has 3 nitrogen and oxygen atoms in total. The quantitative estimate of drug-likeness (QED) is 0.352. The van der Waals surface area contributed by atoms with E-state index in [1.54, 1.807) is 0 Å². The van der Waals surface area contributed by atoms with Crippen molar-refractivity contribution in [1.29, 1.82) is 0 Å². The molecule has 0 aromatic carbocycles. The van der Waals surface area contributed by atoms with E-state index in [2.05, 4.69) is 5.16 Å². The van der Waals surface area contributed by atoms with Gasteiger partial charge in [0, 0.05) is 6.42 Å². The SMILES string of the molecule is CC(C)CC(=O)/C=N/O. The molecule has 0 amide bonds. The van der Waals surface area contributed by atoms with Crippen LogP contribution in [0.2, 0.25) is 0 Å². The second-order valence-corrected chi connectivity index (χ2v) is 2.31. The number of oxime groups is 1. The Bertz CT molecular complexity index is 118. The zero-order valence-electron chi connectivity index (χ0n) is 5.66. The summed E-state index contributed by atoms with van der Waals surface area (Å²) in [7, 11) is 0. The van der Waals surface area contributed by atoms with Crippen LogP contribution in [0.25, 0.3) is 0 Å². The van der Waals surface area contributed by atoms with Crippen molar-refractivity contribution in [1.82, 2.24) is 0 Å². The number of nitrogens with zero attached hydrogens (tertiary/aromatic N) is 1. The van der Waals surface area contributed by atoms with E-state index in [9.17, 15) is 4.79 Å². The average molecular weight is 129 g/mol. The van der Waals surface area contributed by atoms with Crippen molar-refractivity contribution < 1.29 is 10.0 Å². The van der Waals surface area contributed by atoms with Gasteiger partial charge in [0.1, 0.15) is 6.21 Å². The van der Waals surface area contributed by atoms with E-state index in [0.717, 1.165) is 6.21 Å². The summed E-state index contributed by atoms with van der Waals surface area (Å²) in [5.41, 5.74) is 0. The van der Waals surface area contributed by atoms with Gasteiger partial charge in [-0.05, 0) is 5.92 Å². The van der Waals surface area contributed by atoms with Gasteiger partial charge in [-0.15, -0.1) is 0 Å². The minimum atomic E-state index is -0.132. The van der Waals surface area contributed by atoms with Crippen LogP contribution in [-0.2, 0) is 4.79 Å². The molecule has 0 saturated heterocycles. The second kappa shape index (κ2) is 4.06. The molecule has 0 saturated carbocycles. The first kappa shape index (κ1) is 8.14. The Hall–Kier alpha value is -0.860. The van der Waals surface area contributed by atoms with E-state index in [0.29, 0.717) is 12.3 Å². The van der Waals surface area contributed by atoms with Gasteiger partial charge in [0.15, 0.2) is 5.78 Å². The highest BCUT2D eigenvalue weighted by atomic mass is 16.4. The van der Waals surface area contributed by atoms with Crippen LogP contribution in [0.3, 0.4) is 0 Å². The van der Waals surface area contributed by atoms with Crippen molar-refractivity contribution in [3.63, 3.8) is 0 Å². The molecule has 0 rings (SSSR count). The van der Waals surface area contributed by atoms with E-state index in [1.807, 2.05) is 13.8 Å². The lowest BCUT2D eigenvalue weighted by molar-refractivity contribution is -0.113. The van der Waals surface area contributed by atoms with Crippen LogP contribution in [0.4, 0.5) is 0 Å². The summed E-state index contributed by atoms with van der Waals surface area (Å²) < 4.78 is 0. The molecular formula is C6H11NO2. The molecule has 0 bridgehead atoms. The van der Waals surface area contributed by atoms with Crippen LogP contribution in [0.5, 0.6) is 0 Å². The van der Waals surface area contributed by atoms with Crippen LogP contribution >= 0.6 is 0 Å². The number of hydrogen-bond donors (Lipinski definition) is 1. The van der Waals surface area contributed by atoms with Gasteiger partial charge in [-0.2, -0.15) is 0 Å². The third-order valence-electron chi connectivity index (χ3n) is 0.811. The zero-order valence-corrected chi connectivity index (χ0v) is 5.66. The number of hydrogen-bond acceptors (Lipinski definition) is 3. The highest BCUT2D eigenvalue weighted by Gasteiger charge is 2.00. The fraction of sp³-hybridized carbons (Fsp3) is 0.667. The molecule has 1 N–H and O–H groups in total. The normalized spacial score (nSPS) is 11.0. The molecule has 0 aliphatic carbocycles. The third-order valence-corrected chi connectivity index (χ3v) is 0.811. The Morgan fingerprint density at radius 3 is 2.67 bits per heavy atom. The number of ketones is 1. The summed E-state index contributed by atoms with van der Waals surface area (Å²) in [5.74, 6) is 0.197. The first-order valence-electron chi connectivity index (χ1n) is 2.87. The molecule has 0 heterocycles. The predicted molar refractivity (Wildman–Crippen MR) is 34.7 cm³/mol. The van der Waals surface area contributed by atoms with Gasteiger partial charge in [-0.1, -0.05) is 19.0 Å². The standard InChI is InChI=1S/C6H11NO2/c1-5(2)3-6(8)4-7-9/h4-5,9H,3H2,1-2H3/b7-4+. The van der Waals surface area contributed by atoms with Gasteiger partial charge in [-0.3, -0.25) is 4.79 Å². The van der Waals surface area contributed by atoms with Crippen molar-refractivity contribution in [2.45, 2.75) is 20.3 Å². The largest absolute Gasteiger partial charge is 0.411 e. The second-order valence-electron chi connectivity index (χ2n) is 2.31. The van der Waals surface area contributed by atoms with Crippen molar-refractivity contribution >= 4 is 12.0 Å². The first-order valence-corrected chi connectivity index (χ1v) is 2.87. The van der Waals surface area contributed by atoms with Gasteiger partial charge in [0.2, 0.25) is 0 Å². The number of carbonyl (C=O) groups is 1. The fourth-order valence-corrected chi connectivity index (χ4v) is 0.519. The van der Waals surface area contributed by atoms with Crippen LogP contribution in [0, 0.1) is 5.92 Å². The molecule has 0 aliphatic heterocycles. The fourth-order valence-electron chi connectivity index (χ4n) is 0.519. The summed E-state index contributed by atoms with van der Waals surface area (Å²) in [6.07, 6.45) is 1.38. The minimum absolute atomic E-state index is 0.132. The van der Waals surface area contributed by atoms with Crippen molar-refractivity contribution in [3.05, 3.63) is 0 Å². The van der Waals surface area contributed by atoms with Gasteiger partial charge >= 0.3 is 0 Å². The molecule has 9 heavy (non-hydrogen) atoms. The predicted octanol–water partition coefficient (Wildman–Crippen LogP) is 1.06. The minimum Gasteiger partial charge on any atom is -0.411 e. The highest BCUT2D eigenvalue weighted by Crippen LogP contribution is 1.97. The molecule has 0 spiro atoms. The number of rotatable bonds is 3. The number of carbonyl (C=O) groups excluding carboxylic acids is 1. The van der Waals surface area contributed by atoms with Crippen LogP contribution in [-0.4, -0.2) is 17.2 Å². The van der Waals surface area contributed by atoms with E-state index in [1.165, 1.54) is 0 Å². The lowest BCUT2D eigenvalue weighted by Crippen LogP contribution is -2.03. The maximum absolute atomic E-state index is 10.5. The molecule has 0 atom stereocenters. The Morgan fingerprint density at radius 1 is 1.78 bits per heavy atom. The molecule has 0 aromatic heterocycles. The van der Waals surface area contributed by atoms with Crippen molar-refractivity contribution in [3.8, 4) is 0 Å². The molecule has 0 fully saturated rings. The molecule has 0 radical (unpaired) electrons. The Kier molecular flexibility index (Phi) is 3.67. The highest BCUT2D eigenvalue weighted by molar-refractivity contribution is 6.27. The molecule has 3 heteroatoms. The van der Waals surface area contributed by atoms with Gasteiger partial charge in [0.05, 0.1) is 0 Å². The maximum atomic E-state index is 10.5. The average Bonchev–Trinajstić information content (AvgIpc) is 1.63. The van der Waals surface area contributed by atoms with E-state index >= 15 is 0 Å². The van der Waals surface area contributed by atoms with Gasteiger partial charge < -0.3 is 5.21 Å². The number of Topliss-reactive ketones (excluding diaryl/α,β-unsaturated/α-hetero) is 1. The Labute approximate surface area is 54.4 Å². The third kappa shape index (κ3) is 5.00. The van der Waals surface area contributed by atoms with Crippen LogP contribution in [0.1, 0.15) is 20.3 Å². The summed E-state index contributed by atoms with van der Waals surface area (Å²) in [6.45, 7) is 3.87. The van der Waals surface area contributed by atoms with Gasteiger partial charge in [0.25, 0.3) is 0 Å². The summed E-state index contributed by atoms with van der Waals surface area (Å²) in [4.78, 5) is 10.5. The van der Waals surface area contributed by atoms with Crippen LogP contribution < -0.4 is 0 Å². The summed E-state index contributed by atoms with van der Waals surface area (Å²) in [5, 5.41) is 10.5. The summed E-state index contributed by atoms with van der Waals surface area (Å²) >= 11 is 0. The summed E-state index contributed by atoms with van der Waals surface area (Å²) in [6, 6.07) is 0. The Morgan fingerprint density at radius 2 is 2.33 bits per heavy atom. The molecule has 52 valence electrons. The van der Waals surface area contributed by atoms with Crippen LogP contribution in [0.15, 0.2) is 5.16 Å². The van der Waals surface area contributed by atoms with E-state index in [4.69, 9.17) is 5.21 Å². The molecular weight excluding hydrogens is 118 g/mol. The maximum Gasteiger partial charge on any atom is 0.177 e. The van der Waals surface area contributed by atoms with E-state index < -0.39 is 0 Å². The van der Waals surface area contributed by atoms with Gasteiger partial charge in [-0.25, -0.2) is 0 Å².